The smallest absolute Gasteiger partial charge is 0.240 e. The molecule has 20 heavy (non-hydrogen) atoms. The van der Waals surface area contributed by atoms with Crippen molar-refractivity contribution in [1.29, 1.82) is 0 Å². The lowest BCUT2D eigenvalue weighted by Gasteiger charge is -2.40. The minimum Gasteiger partial charge on any atom is -0.344 e. The van der Waals surface area contributed by atoms with E-state index in [1.54, 1.807) is 6.20 Å². The molecule has 0 aliphatic carbocycles. The van der Waals surface area contributed by atoms with E-state index in [-0.39, 0.29) is 17.4 Å². The minimum absolute atomic E-state index is 0.0363. The molecule has 1 amide bonds. The van der Waals surface area contributed by atoms with Gasteiger partial charge in [-0.2, -0.15) is 0 Å². The molecule has 2 rings (SSSR count). The number of rotatable bonds is 4. The van der Waals surface area contributed by atoms with Crippen molar-refractivity contribution in [2.24, 2.45) is 5.41 Å². The fraction of sp³-hybridized carbons (Fsp3) is 0.625. The Morgan fingerprint density at radius 1 is 1.50 bits per heavy atom. The highest BCUT2D eigenvalue weighted by Crippen LogP contribution is 2.30. The van der Waals surface area contributed by atoms with E-state index in [4.69, 9.17) is 0 Å². The van der Waals surface area contributed by atoms with Gasteiger partial charge < -0.3 is 10.2 Å². The highest BCUT2D eigenvalue weighted by atomic mass is 16.2. The summed E-state index contributed by atoms with van der Waals surface area (Å²) in [5.41, 5.74) is 1.07. The van der Waals surface area contributed by atoms with Crippen LogP contribution in [0.3, 0.4) is 0 Å². The molecule has 4 heteroatoms. The molecule has 1 unspecified atom stereocenters. The quantitative estimate of drug-likeness (QED) is 0.912. The molecule has 1 aliphatic rings. The van der Waals surface area contributed by atoms with Crippen LogP contribution in [0.15, 0.2) is 24.4 Å². The Kier molecular flexibility index (Phi) is 4.76. The second-order valence-electron chi connectivity index (χ2n) is 6.31. The number of nitrogens with one attached hydrogen (secondary N) is 1. The molecule has 110 valence electrons. The minimum atomic E-state index is -0.0648. The van der Waals surface area contributed by atoms with Crippen molar-refractivity contribution in [3.63, 3.8) is 0 Å². The number of hydrogen-bond acceptors (Lipinski definition) is 3. The van der Waals surface area contributed by atoms with Gasteiger partial charge >= 0.3 is 0 Å². The van der Waals surface area contributed by atoms with Crippen molar-refractivity contribution in [3.05, 3.63) is 30.1 Å². The van der Waals surface area contributed by atoms with E-state index < -0.39 is 0 Å². The van der Waals surface area contributed by atoms with Gasteiger partial charge in [0.15, 0.2) is 0 Å². The fourth-order valence-electron chi connectivity index (χ4n) is 2.79. The van der Waals surface area contributed by atoms with E-state index in [1.807, 2.05) is 30.1 Å². The molecule has 0 aromatic carbocycles. The number of carbonyl (C=O) groups is 1. The molecule has 1 saturated heterocycles. The molecule has 1 N–H and O–H groups in total. The van der Waals surface area contributed by atoms with Crippen LogP contribution >= 0.6 is 0 Å². The van der Waals surface area contributed by atoms with Gasteiger partial charge in [-0.15, -0.1) is 0 Å². The Balaban J connectivity index is 1.91. The normalized spacial score (nSPS) is 21.4. The van der Waals surface area contributed by atoms with Gasteiger partial charge in [-0.25, -0.2) is 0 Å². The Labute approximate surface area is 121 Å². The summed E-state index contributed by atoms with van der Waals surface area (Å²) in [5, 5.41) is 3.38. The number of hydrogen-bond donors (Lipinski definition) is 1. The van der Waals surface area contributed by atoms with Gasteiger partial charge in [0.2, 0.25) is 5.91 Å². The average Bonchev–Trinajstić information content (AvgIpc) is 2.44. The van der Waals surface area contributed by atoms with E-state index in [0.717, 1.165) is 31.5 Å². The third-order valence-corrected chi connectivity index (χ3v) is 4.18. The average molecular weight is 275 g/mol. The molecule has 1 aromatic rings. The van der Waals surface area contributed by atoms with Gasteiger partial charge in [0.1, 0.15) is 0 Å². The molecule has 1 aliphatic heterocycles. The van der Waals surface area contributed by atoms with Crippen LogP contribution in [0.5, 0.6) is 0 Å². The van der Waals surface area contributed by atoms with Crippen molar-refractivity contribution in [3.8, 4) is 0 Å². The Morgan fingerprint density at radius 3 is 2.95 bits per heavy atom. The van der Waals surface area contributed by atoms with Crippen molar-refractivity contribution >= 4 is 5.91 Å². The van der Waals surface area contributed by atoms with Crippen LogP contribution in [-0.2, 0) is 11.2 Å². The lowest BCUT2D eigenvalue weighted by molar-refractivity contribution is -0.136. The highest BCUT2D eigenvalue weighted by Gasteiger charge is 2.38. The number of likely N-dealkylation sites (N-methyl/N-ethyl adjacent to an activating group) is 1. The summed E-state index contributed by atoms with van der Waals surface area (Å²) in [6.07, 6.45) is 4.85. The van der Waals surface area contributed by atoms with E-state index in [9.17, 15) is 4.79 Å². The van der Waals surface area contributed by atoms with Crippen LogP contribution in [0.4, 0.5) is 0 Å². The van der Waals surface area contributed by atoms with Crippen molar-refractivity contribution in [2.45, 2.75) is 39.2 Å². The Morgan fingerprint density at radius 2 is 2.30 bits per heavy atom. The van der Waals surface area contributed by atoms with E-state index >= 15 is 0 Å². The van der Waals surface area contributed by atoms with Crippen molar-refractivity contribution in [2.75, 3.05) is 20.1 Å². The molecule has 0 saturated carbocycles. The SMILES string of the molecule is CN(CCc1ccccn1)C(=O)C1NCCCC1(C)C. The van der Waals surface area contributed by atoms with Gasteiger partial charge in [-0.1, -0.05) is 19.9 Å². The summed E-state index contributed by atoms with van der Waals surface area (Å²) in [4.78, 5) is 18.7. The number of aromatic nitrogens is 1. The first-order chi connectivity index (χ1) is 9.50. The first kappa shape index (κ1) is 15.0. The maximum atomic E-state index is 12.6. The summed E-state index contributed by atoms with van der Waals surface area (Å²) < 4.78 is 0. The maximum Gasteiger partial charge on any atom is 0.240 e. The lowest BCUT2D eigenvalue weighted by Crippen LogP contribution is -2.56. The lowest BCUT2D eigenvalue weighted by atomic mass is 9.77. The van der Waals surface area contributed by atoms with Gasteiger partial charge in [0, 0.05) is 31.9 Å². The number of carbonyl (C=O) groups excluding carboxylic acids is 1. The van der Waals surface area contributed by atoms with Crippen LogP contribution in [0.1, 0.15) is 32.4 Å². The van der Waals surface area contributed by atoms with Gasteiger partial charge in [0.05, 0.1) is 6.04 Å². The summed E-state index contributed by atoms with van der Waals surface area (Å²) in [6.45, 7) is 6.00. The third kappa shape index (κ3) is 3.57. The Bertz CT molecular complexity index is 444. The number of piperidine rings is 1. The molecule has 0 radical (unpaired) electrons. The molecule has 2 heterocycles. The predicted molar refractivity (Wildman–Crippen MR) is 80.4 cm³/mol. The van der Waals surface area contributed by atoms with Crippen LogP contribution < -0.4 is 5.32 Å². The van der Waals surface area contributed by atoms with E-state index in [0.29, 0.717) is 6.54 Å². The molecular weight excluding hydrogens is 250 g/mol. The number of nitrogens with zero attached hydrogens (tertiary/aromatic N) is 2. The molecule has 1 fully saturated rings. The molecule has 0 bridgehead atoms. The van der Waals surface area contributed by atoms with Crippen LogP contribution in [0.2, 0.25) is 0 Å². The standard InChI is InChI=1S/C16H25N3O/c1-16(2)9-6-11-18-14(16)15(20)19(3)12-8-13-7-4-5-10-17-13/h4-5,7,10,14,18H,6,8-9,11-12H2,1-3H3. The molecule has 4 nitrogen and oxygen atoms in total. The second-order valence-corrected chi connectivity index (χ2v) is 6.31. The largest absolute Gasteiger partial charge is 0.344 e. The van der Waals surface area contributed by atoms with Gasteiger partial charge in [0.25, 0.3) is 0 Å². The van der Waals surface area contributed by atoms with Crippen LogP contribution in [0.25, 0.3) is 0 Å². The summed E-state index contributed by atoms with van der Waals surface area (Å²) in [6, 6.07) is 5.83. The van der Waals surface area contributed by atoms with Crippen molar-refractivity contribution in [1.82, 2.24) is 15.2 Å². The summed E-state index contributed by atoms with van der Waals surface area (Å²) in [7, 11) is 1.89. The summed E-state index contributed by atoms with van der Waals surface area (Å²) >= 11 is 0. The first-order valence-corrected chi connectivity index (χ1v) is 7.39. The Hall–Kier alpha value is -1.42. The number of pyridine rings is 1. The number of amides is 1. The molecule has 1 aromatic heterocycles. The molecule has 1 atom stereocenters. The first-order valence-electron chi connectivity index (χ1n) is 7.39. The van der Waals surface area contributed by atoms with Gasteiger partial charge in [-0.05, 0) is 36.9 Å². The van der Waals surface area contributed by atoms with E-state index in [1.165, 1.54) is 0 Å². The second kappa shape index (κ2) is 6.35. The molecule has 0 spiro atoms. The topological polar surface area (TPSA) is 45.2 Å². The molecular formula is C16H25N3O. The van der Waals surface area contributed by atoms with Crippen LogP contribution in [0, 0.1) is 5.41 Å². The highest BCUT2D eigenvalue weighted by molar-refractivity contribution is 5.82. The van der Waals surface area contributed by atoms with Crippen molar-refractivity contribution < 1.29 is 4.79 Å². The zero-order valence-corrected chi connectivity index (χ0v) is 12.7. The maximum absolute atomic E-state index is 12.6. The zero-order chi connectivity index (χ0) is 14.6. The monoisotopic (exact) mass is 275 g/mol. The summed E-state index contributed by atoms with van der Waals surface area (Å²) in [5.74, 6) is 0.200. The zero-order valence-electron chi connectivity index (χ0n) is 12.7. The fourth-order valence-corrected chi connectivity index (χ4v) is 2.79. The van der Waals surface area contributed by atoms with Crippen LogP contribution in [-0.4, -0.2) is 42.0 Å². The van der Waals surface area contributed by atoms with Gasteiger partial charge in [-0.3, -0.25) is 9.78 Å². The van der Waals surface area contributed by atoms with E-state index in [2.05, 4.69) is 24.1 Å². The third-order valence-electron chi connectivity index (χ3n) is 4.18. The predicted octanol–water partition coefficient (Wildman–Crippen LogP) is 1.86.